The second kappa shape index (κ2) is 3.83. The standard InChI is InChI=1S/C10H16O2/c1-7-3-5-9(6-4-7)10(12)8(2)11/h7,9H,3-6H2,1-2H3. The van der Waals surface area contributed by atoms with E-state index in [2.05, 4.69) is 6.92 Å². The Hall–Kier alpha value is -0.660. The monoisotopic (exact) mass is 168 g/mol. The van der Waals surface area contributed by atoms with Crippen molar-refractivity contribution in [3.63, 3.8) is 0 Å². The van der Waals surface area contributed by atoms with Crippen LogP contribution in [-0.2, 0) is 9.59 Å². The lowest BCUT2D eigenvalue weighted by molar-refractivity contribution is -0.138. The minimum Gasteiger partial charge on any atom is -0.291 e. The zero-order valence-corrected chi connectivity index (χ0v) is 7.80. The van der Waals surface area contributed by atoms with Gasteiger partial charge in [0.05, 0.1) is 0 Å². The predicted molar refractivity (Wildman–Crippen MR) is 46.8 cm³/mol. The van der Waals surface area contributed by atoms with Gasteiger partial charge in [0.2, 0.25) is 5.78 Å². The second-order valence-electron chi connectivity index (χ2n) is 3.88. The summed E-state index contributed by atoms with van der Waals surface area (Å²) >= 11 is 0. The quantitative estimate of drug-likeness (QED) is 0.591. The Morgan fingerprint density at radius 1 is 1.08 bits per heavy atom. The molecule has 12 heavy (non-hydrogen) atoms. The molecule has 0 spiro atoms. The first-order valence-electron chi connectivity index (χ1n) is 4.66. The Kier molecular flexibility index (Phi) is 3.01. The number of hydrogen-bond acceptors (Lipinski definition) is 2. The van der Waals surface area contributed by atoms with Crippen LogP contribution in [0.2, 0.25) is 0 Å². The lowest BCUT2D eigenvalue weighted by Gasteiger charge is -2.23. The Morgan fingerprint density at radius 3 is 2.00 bits per heavy atom. The summed E-state index contributed by atoms with van der Waals surface area (Å²) in [6.45, 7) is 3.58. The summed E-state index contributed by atoms with van der Waals surface area (Å²) in [4.78, 5) is 22.0. The first-order valence-corrected chi connectivity index (χ1v) is 4.66. The average molecular weight is 168 g/mol. The number of carbonyl (C=O) groups excluding carboxylic acids is 2. The zero-order valence-electron chi connectivity index (χ0n) is 7.80. The van der Waals surface area contributed by atoms with Crippen LogP contribution in [0.25, 0.3) is 0 Å². The predicted octanol–water partition coefficient (Wildman–Crippen LogP) is 1.97. The minimum atomic E-state index is -0.269. The summed E-state index contributed by atoms with van der Waals surface area (Å²) in [5.74, 6) is 0.358. The molecule has 2 nitrogen and oxygen atoms in total. The molecule has 1 saturated carbocycles. The molecule has 2 heteroatoms. The van der Waals surface area contributed by atoms with Crippen LogP contribution in [0.15, 0.2) is 0 Å². The van der Waals surface area contributed by atoms with E-state index in [1.54, 1.807) is 0 Å². The van der Waals surface area contributed by atoms with Crippen LogP contribution in [0, 0.1) is 11.8 Å². The van der Waals surface area contributed by atoms with Gasteiger partial charge in [0.15, 0.2) is 5.78 Å². The molecule has 0 radical (unpaired) electrons. The maximum Gasteiger partial charge on any atom is 0.201 e. The molecule has 0 aliphatic heterocycles. The van der Waals surface area contributed by atoms with Crippen LogP contribution >= 0.6 is 0 Å². The van der Waals surface area contributed by atoms with Gasteiger partial charge in [0.1, 0.15) is 0 Å². The van der Waals surface area contributed by atoms with E-state index in [9.17, 15) is 9.59 Å². The normalized spacial score (nSPS) is 29.8. The third kappa shape index (κ3) is 2.16. The molecule has 0 saturated heterocycles. The van der Waals surface area contributed by atoms with Gasteiger partial charge in [0, 0.05) is 12.8 Å². The SMILES string of the molecule is CC(=O)C(=O)C1CCC(C)CC1. The largest absolute Gasteiger partial charge is 0.291 e. The highest BCUT2D eigenvalue weighted by atomic mass is 16.2. The van der Waals surface area contributed by atoms with Crippen LogP contribution in [0.5, 0.6) is 0 Å². The molecule has 0 N–H and O–H groups in total. The van der Waals surface area contributed by atoms with Crippen molar-refractivity contribution in [3.8, 4) is 0 Å². The van der Waals surface area contributed by atoms with Crippen LogP contribution in [0.4, 0.5) is 0 Å². The molecule has 1 aliphatic rings. The van der Waals surface area contributed by atoms with E-state index < -0.39 is 0 Å². The lowest BCUT2D eigenvalue weighted by Crippen LogP contribution is -2.25. The molecule has 1 aliphatic carbocycles. The first kappa shape index (κ1) is 9.43. The molecule has 0 unspecified atom stereocenters. The van der Waals surface area contributed by atoms with Gasteiger partial charge < -0.3 is 0 Å². The van der Waals surface area contributed by atoms with Crippen LogP contribution < -0.4 is 0 Å². The zero-order chi connectivity index (χ0) is 9.14. The summed E-state index contributed by atoms with van der Waals surface area (Å²) in [7, 11) is 0. The average Bonchev–Trinajstić information content (AvgIpc) is 2.04. The highest BCUT2D eigenvalue weighted by Crippen LogP contribution is 2.28. The van der Waals surface area contributed by atoms with E-state index in [1.165, 1.54) is 6.92 Å². The fraction of sp³-hybridized carbons (Fsp3) is 0.800. The maximum atomic E-state index is 11.3. The molecule has 0 heterocycles. The maximum absolute atomic E-state index is 11.3. The van der Waals surface area contributed by atoms with E-state index in [1.807, 2.05) is 0 Å². The van der Waals surface area contributed by atoms with Crippen LogP contribution in [0.1, 0.15) is 39.5 Å². The third-order valence-electron chi connectivity index (χ3n) is 2.73. The fourth-order valence-electron chi connectivity index (χ4n) is 1.81. The molecular weight excluding hydrogens is 152 g/mol. The van der Waals surface area contributed by atoms with Crippen LogP contribution in [-0.4, -0.2) is 11.6 Å². The Morgan fingerprint density at radius 2 is 1.58 bits per heavy atom. The van der Waals surface area contributed by atoms with Crippen molar-refractivity contribution < 1.29 is 9.59 Å². The Labute approximate surface area is 73.3 Å². The number of rotatable bonds is 2. The molecule has 0 aromatic heterocycles. The van der Waals surface area contributed by atoms with Gasteiger partial charge in [-0.15, -0.1) is 0 Å². The van der Waals surface area contributed by atoms with Gasteiger partial charge >= 0.3 is 0 Å². The van der Waals surface area contributed by atoms with Crippen molar-refractivity contribution in [3.05, 3.63) is 0 Å². The fourth-order valence-corrected chi connectivity index (χ4v) is 1.81. The topological polar surface area (TPSA) is 34.1 Å². The molecule has 0 aromatic rings. The van der Waals surface area contributed by atoms with Gasteiger partial charge in [-0.1, -0.05) is 19.8 Å². The van der Waals surface area contributed by atoms with Crippen molar-refractivity contribution in [2.24, 2.45) is 11.8 Å². The van der Waals surface area contributed by atoms with Gasteiger partial charge in [0.25, 0.3) is 0 Å². The molecule has 1 fully saturated rings. The van der Waals surface area contributed by atoms with E-state index in [4.69, 9.17) is 0 Å². The smallest absolute Gasteiger partial charge is 0.201 e. The highest BCUT2D eigenvalue weighted by Gasteiger charge is 2.26. The Bertz CT molecular complexity index is 188. The summed E-state index contributed by atoms with van der Waals surface area (Å²) in [6.07, 6.45) is 4.03. The van der Waals surface area contributed by atoms with Crippen LogP contribution in [0.3, 0.4) is 0 Å². The molecule has 0 aromatic carbocycles. The van der Waals surface area contributed by atoms with Crippen molar-refractivity contribution in [1.29, 1.82) is 0 Å². The van der Waals surface area contributed by atoms with Crippen molar-refractivity contribution in [1.82, 2.24) is 0 Å². The molecule has 68 valence electrons. The molecule has 0 amide bonds. The highest BCUT2D eigenvalue weighted by molar-refractivity contribution is 6.37. The lowest BCUT2D eigenvalue weighted by atomic mass is 9.80. The minimum absolute atomic E-state index is 0.0405. The summed E-state index contributed by atoms with van der Waals surface area (Å²) in [5, 5.41) is 0. The summed E-state index contributed by atoms with van der Waals surface area (Å²) in [5.41, 5.74) is 0. The van der Waals surface area contributed by atoms with E-state index >= 15 is 0 Å². The number of hydrogen-bond donors (Lipinski definition) is 0. The molecule has 0 bridgehead atoms. The van der Waals surface area contributed by atoms with E-state index in [0.717, 1.165) is 31.6 Å². The van der Waals surface area contributed by atoms with Gasteiger partial charge in [-0.3, -0.25) is 9.59 Å². The number of ketones is 2. The summed E-state index contributed by atoms with van der Waals surface area (Å²) < 4.78 is 0. The van der Waals surface area contributed by atoms with Crippen molar-refractivity contribution in [2.45, 2.75) is 39.5 Å². The molecule has 0 atom stereocenters. The van der Waals surface area contributed by atoms with Gasteiger partial charge in [-0.25, -0.2) is 0 Å². The number of Topliss-reactive ketones (excluding diaryl/α,β-unsaturated/α-hetero) is 2. The van der Waals surface area contributed by atoms with E-state index in [0.29, 0.717) is 0 Å². The first-order chi connectivity index (χ1) is 5.61. The number of carbonyl (C=O) groups is 2. The Balaban J connectivity index is 2.44. The summed E-state index contributed by atoms with van der Waals surface area (Å²) in [6, 6.07) is 0. The van der Waals surface area contributed by atoms with E-state index in [-0.39, 0.29) is 17.5 Å². The van der Waals surface area contributed by atoms with Gasteiger partial charge in [-0.2, -0.15) is 0 Å². The molecular formula is C10H16O2. The van der Waals surface area contributed by atoms with Crippen molar-refractivity contribution in [2.75, 3.05) is 0 Å². The third-order valence-corrected chi connectivity index (χ3v) is 2.73. The second-order valence-corrected chi connectivity index (χ2v) is 3.88. The van der Waals surface area contributed by atoms with Crippen molar-refractivity contribution >= 4 is 11.6 Å². The van der Waals surface area contributed by atoms with Gasteiger partial charge in [-0.05, 0) is 18.8 Å². The molecule has 1 rings (SSSR count).